The van der Waals surface area contributed by atoms with Crippen LogP contribution in [0.2, 0.25) is 10.0 Å². The van der Waals surface area contributed by atoms with Gasteiger partial charge in [-0.1, -0.05) is 35.3 Å². The van der Waals surface area contributed by atoms with Gasteiger partial charge in [0.05, 0.1) is 5.02 Å². The lowest BCUT2D eigenvalue weighted by atomic mass is 9.86. The minimum absolute atomic E-state index is 0.0450. The van der Waals surface area contributed by atoms with Gasteiger partial charge in [0.2, 0.25) is 11.8 Å². The van der Waals surface area contributed by atoms with Gasteiger partial charge < -0.3 is 14.5 Å². The molecular weight excluding hydrogens is 523 g/mol. The number of benzene rings is 1. The van der Waals surface area contributed by atoms with E-state index in [1.54, 1.807) is 24.4 Å². The Balaban J connectivity index is 1.27. The summed E-state index contributed by atoms with van der Waals surface area (Å²) >= 11 is 12.1. The molecule has 2 aromatic heterocycles. The van der Waals surface area contributed by atoms with Crippen LogP contribution < -0.4 is 9.64 Å². The van der Waals surface area contributed by atoms with Crippen LogP contribution in [0.3, 0.4) is 0 Å². The van der Waals surface area contributed by atoms with Crippen molar-refractivity contribution >= 4 is 34.9 Å². The minimum Gasteiger partial charge on any atom is -0.474 e. The predicted molar refractivity (Wildman–Crippen MR) is 145 cm³/mol. The normalized spacial score (nSPS) is 20.7. The monoisotopic (exact) mass is 550 g/mol. The number of likely N-dealkylation sites (tertiary alicyclic amines) is 1. The molecule has 1 amide bonds. The number of carbonyl (C=O) groups excluding carboxylic acids is 1. The highest BCUT2D eigenvalue weighted by atomic mass is 35.5. The Morgan fingerprint density at radius 2 is 1.76 bits per heavy atom. The van der Waals surface area contributed by atoms with Crippen molar-refractivity contribution in [3.8, 4) is 11.9 Å². The van der Waals surface area contributed by atoms with E-state index in [1.807, 2.05) is 48.2 Å². The lowest BCUT2D eigenvalue weighted by Gasteiger charge is -2.33. The van der Waals surface area contributed by atoms with Gasteiger partial charge in [0.15, 0.2) is 11.5 Å². The van der Waals surface area contributed by atoms with Crippen LogP contribution in [0.4, 0.5) is 5.82 Å². The lowest BCUT2D eigenvalue weighted by Crippen LogP contribution is -2.42. The minimum atomic E-state index is -0.168. The summed E-state index contributed by atoms with van der Waals surface area (Å²) < 4.78 is 6.21. The third-order valence-electron chi connectivity index (χ3n) is 7.52. The Bertz CT molecular complexity index is 1290. The number of pyridine rings is 1. The van der Waals surface area contributed by atoms with E-state index in [9.17, 15) is 4.79 Å². The molecule has 0 saturated carbocycles. The molecule has 0 bridgehead atoms. The second-order valence-electron chi connectivity index (χ2n) is 9.85. The van der Waals surface area contributed by atoms with Gasteiger partial charge in [-0.15, -0.1) is 10.2 Å². The molecule has 3 atom stereocenters. The SMILES string of the molecule is CC(Oc1ccc(Cl)cn1)[C@H]1CN(C(=O)C2CCN(c3ccc(C#N)nn3)CC2)C[C@@H]1c1ccc(Cl)cc1. The largest absolute Gasteiger partial charge is 0.474 e. The zero-order chi connectivity index (χ0) is 26.6. The maximum Gasteiger partial charge on any atom is 0.225 e. The summed E-state index contributed by atoms with van der Waals surface area (Å²) in [5.41, 5.74) is 1.44. The molecule has 0 N–H and O–H groups in total. The van der Waals surface area contributed by atoms with Crippen LogP contribution in [0.25, 0.3) is 0 Å². The number of rotatable bonds is 6. The van der Waals surface area contributed by atoms with Crippen LogP contribution in [0.15, 0.2) is 54.7 Å². The smallest absolute Gasteiger partial charge is 0.225 e. The molecule has 4 heterocycles. The van der Waals surface area contributed by atoms with Crippen molar-refractivity contribution in [1.82, 2.24) is 20.1 Å². The number of halogens is 2. The van der Waals surface area contributed by atoms with Crippen LogP contribution >= 0.6 is 23.2 Å². The average molecular weight is 551 g/mol. The number of amides is 1. The standard InChI is InChI=1S/C28H28Cl2N6O2/c1-18(38-27-9-6-22(30)15-32-27)24-16-36(17-25(24)19-2-4-21(29)5-3-19)28(37)20-10-12-35(13-11-20)26-8-7-23(14-31)33-34-26/h2-9,15,18,20,24-25H,10-13,16-17H2,1H3/t18?,24-,25-/m1/s1. The molecule has 1 aromatic carbocycles. The number of piperidine rings is 1. The lowest BCUT2D eigenvalue weighted by molar-refractivity contribution is -0.135. The summed E-state index contributed by atoms with van der Waals surface area (Å²) in [5.74, 6) is 1.60. The second kappa shape index (κ2) is 11.5. The Labute approximate surface area is 232 Å². The molecule has 10 heteroatoms. The Morgan fingerprint density at radius 1 is 1.03 bits per heavy atom. The average Bonchev–Trinajstić information content (AvgIpc) is 3.40. The molecule has 2 fully saturated rings. The van der Waals surface area contributed by atoms with Gasteiger partial charge in [-0.25, -0.2) is 4.98 Å². The topological polar surface area (TPSA) is 95.2 Å². The molecule has 5 rings (SSSR count). The predicted octanol–water partition coefficient (Wildman–Crippen LogP) is 4.98. The van der Waals surface area contributed by atoms with E-state index in [4.69, 9.17) is 33.2 Å². The number of anilines is 1. The third kappa shape index (κ3) is 5.85. The molecule has 0 spiro atoms. The highest BCUT2D eigenvalue weighted by molar-refractivity contribution is 6.30. The number of ether oxygens (including phenoxy) is 1. The van der Waals surface area contributed by atoms with Gasteiger partial charge in [-0.2, -0.15) is 5.26 Å². The summed E-state index contributed by atoms with van der Waals surface area (Å²) in [6.07, 6.45) is 2.89. The van der Waals surface area contributed by atoms with E-state index in [0.29, 0.717) is 34.7 Å². The molecule has 8 nitrogen and oxygen atoms in total. The Hall–Kier alpha value is -3.41. The summed E-state index contributed by atoms with van der Waals surface area (Å²) in [4.78, 5) is 22.1. The molecule has 38 heavy (non-hydrogen) atoms. The van der Waals surface area contributed by atoms with Gasteiger partial charge in [-0.3, -0.25) is 4.79 Å². The van der Waals surface area contributed by atoms with Crippen LogP contribution in [0, 0.1) is 23.2 Å². The van der Waals surface area contributed by atoms with Crippen LogP contribution in [0.5, 0.6) is 5.88 Å². The Kier molecular flexibility index (Phi) is 7.96. The van der Waals surface area contributed by atoms with Gasteiger partial charge >= 0.3 is 0 Å². The first-order valence-electron chi connectivity index (χ1n) is 12.7. The molecule has 3 aromatic rings. The molecular formula is C28H28Cl2N6O2. The van der Waals surface area contributed by atoms with Gasteiger partial charge in [-0.05, 0) is 55.7 Å². The fraction of sp³-hybridized carbons (Fsp3) is 0.393. The van der Waals surface area contributed by atoms with E-state index < -0.39 is 0 Å². The van der Waals surface area contributed by atoms with Crippen molar-refractivity contribution in [2.24, 2.45) is 11.8 Å². The van der Waals surface area contributed by atoms with Crippen LogP contribution in [0.1, 0.15) is 36.9 Å². The van der Waals surface area contributed by atoms with Gasteiger partial charge in [0.1, 0.15) is 12.2 Å². The first-order chi connectivity index (χ1) is 18.4. The summed E-state index contributed by atoms with van der Waals surface area (Å²) in [5, 5.41) is 18.3. The number of nitriles is 1. The first-order valence-corrected chi connectivity index (χ1v) is 13.5. The molecule has 0 aliphatic carbocycles. The number of aromatic nitrogens is 3. The van der Waals surface area contributed by atoms with Crippen LogP contribution in [-0.2, 0) is 4.79 Å². The number of hydrogen-bond acceptors (Lipinski definition) is 7. The van der Waals surface area contributed by atoms with Crippen molar-refractivity contribution in [1.29, 1.82) is 5.26 Å². The maximum atomic E-state index is 13.7. The van der Waals surface area contributed by atoms with E-state index in [1.165, 1.54) is 0 Å². The number of hydrogen-bond donors (Lipinski definition) is 0. The fourth-order valence-electron chi connectivity index (χ4n) is 5.42. The molecule has 196 valence electrons. The van der Waals surface area contributed by atoms with E-state index >= 15 is 0 Å². The van der Waals surface area contributed by atoms with Crippen molar-refractivity contribution in [3.63, 3.8) is 0 Å². The van der Waals surface area contributed by atoms with E-state index in [-0.39, 0.29) is 29.8 Å². The first kappa shape index (κ1) is 26.2. The van der Waals surface area contributed by atoms with Crippen LogP contribution in [-0.4, -0.2) is 58.3 Å². The Morgan fingerprint density at radius 3 is 2.39 bits per heavy atom. The molecule has 2 aliphatic rings. The zero-order valence-corrected chi connectivity index (χ0v) is 22.5. The van der Waals surface area contributed by atoms with Crippen molar-refractivity contribution < 1.29 is 9.53 Å². The summed E-state index contributed by atoms with van der Waals surface area (Å²) in [7, 11) is 0. The fourth-order valence-corrected chi connectivity index (χ4v) is 5.66. The van der Waals surface area contributed by atoms with Gasteiger partial charge in [0, 0.05) is 61.2 Å². The van der Waals surface area contributed by atoms with E-state index in [0.717, 1.165) is 37.3 Å². The number of carbonyl (C=O) groups is 1. The maximum absolute atomic E-state index is 13.7. The van der Waals surface area contributed by atoms with Crippen molar-refractivity contribution in [2.75, 3.05) is 31.1 Å². The zero-order valence-electron chi connectivity index (χ0n) is 21.0. The molecule has 2 aliphatic heterocycles. The molecule has 2 saturated heterocycles. The third-order valence-corrected chi connectivity index (χ3v) is 7.99. The van der Waals surface area contributed by atoms with Crippen molar-refractivity contribution in [2.45, 2.75) is 31.8 Å². The summed E-state index contributed by atoms with van der Waals surface area (Å²) in [6.45, 7) is 4.72. The molecule has 0 radical (unpaired) electrons. The van der Waals surface area contributed by atoms with E-state index in [2.05, 4.69) is 20.1 Å². The quantitative estimate of drug-likeness (QED) is 0.427. The highest BCUT2D eigenvalue weighted by Crippen LogP contribution is 2.38. The summed E-state index contributed by atoms with van der Waals surface area (Å²) in [6, 6.07) is 16.9. The second-order valence-corrected chi connectivity index (χ2v) is 10.7. The molecule has 1 unspecified atom stereocenters. The van der Waals surface area contributed by atoms with Gasteiger partial charge in [0.25, 0.3) is 0 Å². The highest BCUT2D eigenvalue weighted by Gasteiger charge is 2.42. The number of nitrogens with zero attached hydrogens (tertiary/aromatic N) is 6. The van der Waals surface area contributed by atoms with Crippen molar-refractivity contribution in [3.05, 3.63) is 76.0 Å².